The lowest BCUT2D eigenvalue weighted by Crippen LogP contribution is -2.15. The van der Waals surface area contributed by atoms with Crippen molar-refractivity contribution in [1.82, 2.24) is 9.47 Å². The minimum absolute atomic E-state index is 0. The first-order valence-electron chi connectivity index (χ1n) is 6.58. The van der Waals surface area contributed by atoms with Crippen molar-refractivity contribution in [2.24, 2.45) is 7.05 Å². The summed E-state index contributed by atoms with van der Waals surface area (Å²) in [6.45, 7) is 3.28. The molecule has 0 unspecified atom stereocenters. The molecular formula is C15H22ClFN2O. The first-order valence-corrected chi connectivity index (χ1v) is 6.58. The van der Waals surface area contributed by atoms with E-state index < -0.39 is 0 Å². The van der Waals surface area contributed by atoms with Crippen molar-refractivity contribution in [3.63, 3.8) is 0 Å². The zero-order valence-corrected chi connectivity index (χ0v) is 13.3. The number of likely N-dealkylation sites (N-methyl/N-ethyl adjacent to an activating group) is 1. The molecule has 0 N–H and O–H groups in total. The van der Waals surface area contributed by atoms with Gasteiger partial charge in [-0.25, -0.2) is 4.39 Å². The number of hydrogen-bond acceptors (Lipinski definition) is 2. The standard InChI is InChI=1S/C15H21FN2O.ClH/c1-5-19-15-12(16)6-7-13-14(15)11(10-18(13)4)8-9-17(2)3;/h6-7,10H,5,8-9H2,1-4H3;1H. The number of benzene rings is 1. The number of aromatic nitrogens is 1. The molecule has 2 aromatic rings. The summed E-state index contributed by atoms with van der Waals surface area (Å²) in [5.74, 6) is 0.0982. The average Bonchev–Trinajstić information content (AvgIpc) is 2.67. The van der Waals surface area contributed by atoms with Crippen LogP contribution in [0.2, 0.25) is 0 Å². The normalized spacial score (nSPS) is 10.9. The van der Waals surface area contributed by atoms with Gasteiger partial charge in [0, 0.05) is 25.2 Å². The number of rotatable bonds is 5. The van der Waals surface area contributed by atoms with E-state index in [1.54, 1.807) is 0 Å². The van der Waals surface area contributed by atoms with E-state index in [1.165, 1.54) is 6.07 Å². The Balaban J connectivity index is 0.00000200. The summed E-state index contributed by atoms with van der Waals surface area (Å²) >= 11 is 0. The molecule has 3 nitrogen and oxygen atoms in total. The number of hydrogen-bond donors (Lipinski definition) is 0. The van der Waals surface area contributed by atoms with Gasteiger partial charge in [-0.15, -0.1) is 12.4 Å². The van der Waals surface area contributed by atoms with Crippen molar-refractivity contribution < 1.29 is 9.13 Å². The van der Waals surface area contributed by atoms with Gasteiger partial charge in [0.05, 0.1) is 12.1 Å². The van der Waals surface area contributed by atoms with E-state index in [2.05, 4.69) is 11.1 Å². The van der Waals surface area contributed by atoms with Crippen LogP contribution in [0.1, 0.15) is 12.5 Å². The molecule has 0 aliphatic rings. The third-order valence-corrected chi connectivity index (χ3v) is 3.26. The fourth-order valence-corrected chi connectivity index (χ4v) is 2.34. The molecule has 0 atom stereocenters. The van der Waals surface area contributed by atoms with Gasteiger partial charge < -0.3 is 14.2 Å². The van der Waals surface area contributed by atoms with Gasteiger partial charge >= 0.3 is 0 Å². The SMILES string of the molecule is CCOc1c(F)ccc2c1c(CCN(C)C)cn2C.Cl. The third-order valence-electron chi connectivity index (χ3n) is 3.26. The summed E-state index contributed by atoms with van der Waals surface area (Å²) in [5, 5.41) is 0.909. The molecule has 1 aromatic carbocycles. The van der Waals surface area contributed by atoms with Crippen LogP contribution < -0.4 is 4.74 Å². The molecule has 5 heteroatoms. The van der Waals surface area contributed by atoms with Gasteiger partial charge in [0.1, 0.15) is 0 Å². The minimum atomic E-state index is -0.286. The zero-order chi connectivity index (χ0) is 14.0. The van der Waals surface area contributed by atoms with E-state index in [-0.39, 0.29) is 18.2 Å². The molecule has 1 heterocycles. The van der Waals surface area contributed by atoms with Crippen molar-refractivity contribution in [3.8, 4) is 5.75 Å². The van der Waals surface area contributed by atoms with Crippen molar-refractivity contribution in [2.45, 2.75) is 13.3 Å². The predicted molar refractivity (Wildman–Crippen MR) is 83.6 cm³/mol. The van der Waals surface area contributed by atoms with Crippen LogP contribution in [-0.2, 0) is 13.5 Å². The van der Waals surface area contributed by atoms with Gasteiger partial charge in [-0.1, -0.05) is 0 Å². The Hall–Kier alpha value is -1.26. The van der Waals surface area contributed by atoms with Gasteiger partial charge in [-0.3, -0.25) is 0 Å². The first kappa shape index (κ1) is 16.8. The van der Waals surface area contributed by atoms with Crippen LogP contribution in [0.3, 0.4) is 0 Å². The van der Waals surface area contributed by atoms with Crippen molar-refractivity contribution in [1.29, 1.82) is 0 Å². The van der Waals surface area contributed by atoms with Crippen LogP contribution in [0.15, 0.2) is 18.3 Å². The summed E-state index contributed by atoms with van der Waals surface area (Å²) in [5.41, 5.74) is 2.15. The Labute approximate surface area is 125 Å². The quantitative estimate of drug-likeness (QED) is 0.843. The Morgan fingerprint density at radius 2 is 2.00 bits per heavy atom. The number of fused-ring (bicyclic) bond motifs is 1. The third kappa shape index (κ3) is 3.25. The maximum absolute atomic E-state index is 14.0. The van der Waals surface area contributed by atoms with Gasteiger partial charge in [-0.2, -0.15) is 0 Å². The molecule has 0 radical (unpaired) electrons. The van der Waals surface area contributed by atoms with Crippen LogP contribution in [0.5, 0.6) is 5.75 Å². The largest absolute Gasteiger partial charge is 0.490 e. The Morgan fingerprint density at radius 1 is 1.30 bits per heavy atom. The highest BCUT2D eigenvalue weighted by Gasteiger charge is 2.16. The summed E-state index contributed by atoms with van der Waals surface area (Å²) in [6.07, 6.45) is 2.95. The molecule has 20 heavy (non-hydrogen) atoms. The molecule has 0 spiro atoms. The van der Waals surface area contributed by atoms with E-state index in [9.17, 15) is 4.39 Å². The van der Waals surface area contributed by atoms with Crippen LogP contribution in [-0.4, -0.2) is 36.7 Å². The average molecular weight is 301 g/mol. The summed E-state index contributed by atoms with van der Waals surface area (Å²) in [4.78, 5) is 2.12. The number of nitrogens with zero attached hydrogens (tertiary/aromatic N) is 2. The second-order valence-electron chi connectivity index (χ2n) is 5.02. The summed E-state index contributed by atoms with van der Waals surface area (Å²) in [7, 11) is 6.06. The maximum Gasteiger partial charge on any atom is 0.165 e. The Bertz CT molecular complexity index is 581. The molecule has 0 saturated heterocycles. The Morgan fingerprint density at radius 3 is 2.60 bits per heavy atom. The second-order valence-corrected chi connectivity index (χ2v) is 5.02. The highest BCUT2D eigenvalue weighted by atomic mass is 35.5. The molecule has 112 valence electrons. The van der Waals surface area contributed by atoms with Crippen LogP contribution in [0.25, 0.3) is 10.9 Å². The van der Waals surface area contributed by atoms with E-state index in [1.807, 2.05) is 38.7 Å². The molecule has 0 aliphatic carbocycles. The van der Waals surface area contributed by atoms with Crippen molar-refractivity contribution >= 4 is 23.3 Å². The fraction of sp³-hybridized carbons (Fsp3) is 0.467. The monoisotopic (exact) mass is 300 g/mol. The van der Waals surface area contributed by atoms with Crippen LogP contribution in [0.4, 0.5) is 4.39 Å². The number of ether oxygens (including phenoxy) is 1. The zero-order valence-electron chi connectivity index (χ0n) is 12.4. The topological polar surface area (TPSA) is 17.4 Å². The Kier molecular flexibility index (Phi) is 5.84. The van der Waals surface area contributed by atoms with E-state index >= 15 is 0 Å². The highest BCUT2D eigenvalue weighted by Crippen LogP contribution is 2.33. The van der Waals surface area contributed by atoms with E-state index in [0.29, 0.717) is 12.4 Å². The van der Waals surface area contributed by atoms with Crippen LogP contribution in [0, 0.1) is 5.82 Å². The molecule has 0 fully saturated rings. The van der Waals surface area contributed by atoms with Gasteiger partial charge in [0.25, 0.3) is 0 Å². The molecule has 0 aliphatic heterocycles. The number of aryl methyl sites for hydroxylation is 1. The van der Waals surface area contributed by atoms with Gasteiger partial charge in [-0.05, 0) is 45.1 Å². The van der Waals surface area contributed by atoms with Crippen molar-refractivity contribution in [3.05, 3.63) is 29.7 Å². The maximum atomic E-state index is 14.0. The smallest absolute Gasteiger partial charge is 0.165 e. The molecule has 1 aromatic heterocycles. The van der Waals surface area contributed by atoms with Crippen LogP contribution >= 0.6 is 12.4 Å². The lowest BCUT2D eigenvalue weighted by Gasteiger charge is -2.11. The van der Waals surface area contributed by atoms with E-state index in [0.717, 1.165) is 29.4 Å². The highest BCUT2D eigenvalue weighted by molar-refractivity contribution is 5.90. The minimum Gasteiger partial charge on any atom is -0.490 e. The molecule has 2 rings (SSSR count). The summed E-state index contributed by atoms with van der Waals surface area (Å²) in [6, 6.07) is 3.29. The molecular weight excluding hydrogens is 279 g/mol. The van der Waals surface area contributed by atoms with Gasteiger partial charge in [0.15, 0.2) is 11.6 Å². The predicted octanol–water partition coefficient (Wildman–Crippen LogP) is 3.24. The lowest BCUT2D eigenvalue weighted by molar-refractivity contribution is 0.325. The van der Waals surface area contributed by atoms with E-state index in [4.69, 9.17) is 4.74 Å². The second kappa shape index (κ2) is 6.95. The first-order chi connectivity index (χ1) is 9.04. The summed E-state index contributed by atoms with van der Waals surface area (Å²) < 4.78 is 21.5. The lowest BCUT2D eigenvalue weighted by atomic mass is 10.1. The molecule has 0 saturated carbocycles. The molecule has 0 amide bonds. The van der Waals surface area contributed by atoms with Gasteiger partial charge in [0.2, 0.25) is 0 Å². The molecule has 0 bridgehead atoms. The number of halogens is 2. The fourth-order valence-electron chi connectivity index (χ4n) is 2.34. The van der Waals surface area contributed by atoms with Crippen molar-refractivity contribution in [2.75, 3.05) is 27.2 Å².